The van der Waals surface area contributed by atoms with Crippen molar-refractivity contribution >= 4 is 29.0 Å². The van der Waals surface area contributed by atoms with Crippen LogP contribution in [-0.2, 0) is 4.79 Å². The number of carbonyl (C=O) groups is 1. The average Bonchev–Trinajstić information content (AvgIpc) is 2.60. The lowest BCUT2D eigenvalue weighted by molar-refractivity contribution is -0.137. The molecule has 3 aliphatic rings. The Morgan fingerprint density at radius 3 is 2.33 bits per heavy atom. The summed E-state index contributed by atoms with van der Waals surface area (Å²) in [6.45, 7) is 1.99. The molecule has 2 nitrogen and oxygen atoms in total. The fraction of sp³-hybridized carbons (Fsp3) is 0.350. The molecule has 2 aromatic carbocycles. The van der Waals surface area contributed by atoms with Gasteiger partial charge in [-0.1, -0.05) is 59.6 Å². The summed E-state index contributed by atoms with van der Waals surface area (Å²) < 4.78 is 0. The van der Waals surface area contributed by atoms with Gasteiger partial charge in [-0.2, -0.15) is 0 Å². The molecule has 2 aromatic rings. The van der Waals surface area contributed by atoms with Crippen LogP contribution in [0.1, 0.15) is 29.9 Å². The van der Waals surface area contributed by atoms with Crippen LogP contribution in [0.25, 0.3) is 0 Å². The van der Waals surface area contributed by atoms with Crippen LogP contribution >= 0.6 is 23.2 Å². The van der Waals surface area contributed by atoms with E-state index in [0.29, 0.717) is 15.8 Å². The van der Waals surface area contributed by atoms with Crippen molar-refractivity contribution in [3.63, 3.8) is 0 Å². The number of hydrogen-bond acceptors (Lipinski definition) is 2. The SMILES string of the molecule is O=C1C2CCN(CC2)C1C(c1ccccc1)c1ccc(Cl)cc1Cl. The van der Waals surface area contributed by atoms with Gasteiger partial charge >= 0.3 is 0 Å². The van der Waals surface area contributed by atoms with Crippen LogP contribution in [-0.4, -0.2) is 29.8 Å². The highest BCUT2D eigenvalue weighted by Crippen LogP contribution is 2.42. The second-order valence-electron chi connectivity index (χ2n) is 6.71. The van der Waals surface area contributed by atoms with Crippen molar-refractivity contribution in [3.05, 3.63) is 69.7 Å². The summed E-state index contributed by atoms with van der Waals surface area (Å²) in [6, 6.07) is 15.7. The third-order valence-electron chi connectivity index (χ3n) is 5.39. The van der Waals surface area contributed by atoms with Crippen molar-refractivity contribution in [1.29, 1.82) is 0 Å². The molecule has 24 heavy (non-hydrogen) atoms. The van der Waals surface area contributed by atoms with E-state index in [2.05, 4.69) is 17.0 Å². The molecule has 0 radical (unpaired) electrons. The van der Waals surface area contributed by atoms with Crippen LogP contribution in [0, 0.1) is 5.92 Å². The molecule has 3 aliphatic heterocycles. The summed E-state index contributed by atoms with van der Waals surface area (Å²) in [7, 11) is 0. The molecule has 0 N–H and O–H groups in total. The van der Waals surface area contributed by atoms with Crippen molar-refractivity contribution in [2.45, 2.75) is 24.8 Å². The van der Waals surface area contributed by atoms with Gasteiger partial charge < -0.3 is 0 Å². The molecule has 0 spiro atoms. The molecule has 0 aromatic heterocycles. The van der Waals surface area contributed by atoms with Gasteiger partial charge in [-0.25, -0.2) is 0 Å². The highest BCUT2D eigenvalue weighted by Gasteiger charge is 2.45. The summed E-state index contributed by atoms with van der Waals surface area (Å²) in [5.41, 5.74) is 2.12. The molecule has 3 saturated heterocycles. The Balaban J connectivity index is 1.84. The predicted molar refractivity (Wildman–Crippen MR) is 97.8 cm³/mol. The van der Waals surface area contributed by atoms with Gasteiger partial charge in [-0.15, -0.1) is 0 Å². The molecule has 0 aliphatic carbocycles. The van der Waals surface area contributed by atoms with Gasteiger partial charge in [0.15, 0.2) is 5.78 Å². The van der Waals surface area contributed by atoms with Crippen molar-refractivity contribution < 1.29 is 4.79 Å². The summed E-state index contributed by atoms with van der Waals surface area (Å²) in [6.07, 6.45) is 1.98. The largest absolute Gasteiger partial charge is 0.298 e. The van der Waals surface area contributed by atoms with E-state index in [-0.39, 0.29) is 17.9 Å². The number of fused-ring (bicyclic) bond motifs is 3. The first kappa shape index (κ1) is 16.1. The Morgan fingerprint density at radius 1 is 1.00 bits per heavy atom. The molecule has 0 saturated carbocycles. The minimum Gasteiger partial charge on any atom is -0.298 e. The zero-order valence-corrected chi connectivity index (χ0v) is 14.8. The first-order valence-corrected chi connectivity index (χ1v) is 9.18. The van der Waals surface area contributed by atoms with Gasteiger partial charge in [0.1, 0.15) is 0 Å². The van der Waals surface area contributed by atoms with Gasteiger partial charge in [0.25, 0.3) is 0 Å². The van der Waals surface area contributed by atoms with Crippen LogP contribution in [0.15, 0.2) is 48.5 Å². The van der Waals surface area contributed by atoms with E-state index in [1.54, 1.807) is 6.07 Å². The normalized spacial score (nSPS) is 27.2. The van der Waals surface area contributed by atoms with Gasteiger partial charge in [-0.05, 0) is 49.2 Å². The maximum atomic E-state index is 13.0. The van der Waals surface area contributed by atoms with E-state index >= 15 is 0 Å². The van der Waals surface area contributed by atoms with Gasteiger partial charge in [0, 0.05) is 21.9 Å². The number of Topliss-reactive ketones (excluding diaryl/α,β-unsaturated/α-hetero) is 1. The summed E-state index contributed by atoms with van der Waals surface area (Å²) in [5.74, 6) is 0.524. The second-order valence-corrected chi connectivity index (χ2v) is 7.56. The molecule has 124 valence electrons. The molecule has 3 fully saturated rings. The smallest absolute Gasteiger partial charge is 0.154 e. The average molecular weight is 360 g/mol. The predicted octanol–water partition coefficient (Wildman–Crippen LogP) is 4.79. The third kappa shape index (κ3) is 2.77. The van der Waals surface area contributed by atoms with E-state index in [1.807, 2.05) is 30.3 Å². The number of halogens is 2. The van der Waals surface area contributed by atoms with Crippen LogP contribution in [0.4, 0.5) is 0 Å². The molecule has 2 unspecified atom stereocenters. The van der Waals surface area contributed by atoms with E-state index in [4.69, 9.17) is 23.2 Å². The van der Waals surface area contributed by atoms with Crippen molar-refractivity contribution in [2.75, 3.05) is 13.1 Å². The standard InChI is InChI=1S/C20H19Cl2NO/c21-15-6-7-16(17(22)12-15)18(13-4-2-1-3-5-13)19-20(24)14-8-10-23(19)11-9-14/h1-7,12,14,18-19H,8-11H2. The van der Waals surface area contributed by atoms with Crippen molar-refractivity contribution in [2.24, 2.45) is 5.92 Å². The molecule has 5 rings (SSSR count). The number of ketones is 1. The second kappa shape index (κ2) is 6.51. The quantitative estimate of drug-likeness (QED) is 0.785. The van der Waals surface area contributed by atoms with Crippen molar-refractivity contribution in [3.8, 4) is 0 Å². The number of nitrogens with zero attached hydrogens (tertiary/aromatic N) is 1. The Bertz CT molecular complexity index is 753. The molecular formula is C20H19Cl2NO. The monoisotopic (exact) mass is 359 g/mol. The van der Waals surface area contributed by atoms with Crippen LogP contribution in [0.3, 0.4) is 0 Å². The Morgan fingerprint density at radius 2 is 1.71 bits per heavy atom. The number of benzene rings is 2. The lowest BCUT2D eigenvalue weighted by Crippen LogP contribution is -2.57. The number of piperidine rings is 3. The topological polar surface area (TPSA) is 20.3 Å². The molecule has 3 heterocycles. The molecule has 2 bridgehead atoms. The summed E-state index contributed by atoms with van der Waals surface area (Å²) >= 11 is 12.6. The number of carbonyl (C=O) groups excluding carboxylic acids is 1. The lowest BCUT2D eigenvalue weighted by atomic mass is 9.73. The maximum absolute atomic E-state index is 13.0. The van der Waals surface area contributed by atoms with E-state index < -0.39 is 0 Å². The highest BCUT2D eigenvalue weighted by atomic mass is 35.5. The van der Waals surface area contributed by atoms with Crippen LogP contribution in [0.5, 0.6) is 0 Å². The summed E-state index contributed by atoms with van der Waals surface area (Å²) in [5, 5.41) is 1.25. The minimum absolute atomic E-state index is 0.0495. The van der Waals surface area contributed by atoms with Gasteiger partial charge in [-0.3, -0.25) is 9.69 Å². The zero-order valence-electron chi connectivity index (χ0n) is 13.3. The fourth-order valence-electron chi connectivity index (χ4n) is 4.20. The first-order chi connectivity index (χ1) is 11.6. The third-order valence-corrected chi connectivity index (χ3v) is 5.95. The lowest BCUT2D eigenvalue weighted by Gasteiger charge is -2.47. The Labute approximate surface area is 152 Å². The zero-order chi connectivity index (χ0) is 16.7. The highest BCUT2D eigenvalue weighted by molar-refractivity contribution is 6.35. The summed E-state index contributed by atoms with van der Waals surface area (Å²) in [4.78, 5) is 15.4. The van der Waals surface area contributed by atoms with E-state index in [9.17, 15) is 4.79 Å². The molecule has 0 amide bonds. The fourth-order valence-corrected chi connectivity index (χ4v) is 4.73. The Kier molecular flexibility index (Phi) is 4.38. The van der Waals surface area contributed by atoms with Crippen molar-refractivity contribution in [1.82, 2.24) is 4.90 Å². The van der Waals surface area contributed by atoms with Crippen LogP contribution in [0.2, 0.25) is 10.0 Å². The number of rotatable bonds is 3. The molecule has 4 heteroatoms. The maximum Gasteiger partial charge on any atom is 0.154 e. The minimum atomic E-state index is -0.126. The van der Waals surface area contributed by atoms with Gasteiger partial charge in [0.2, 0.25) is 0 Å². The Hall–Kier alpha value is -1.35. The first-order valence-electron chi connectivity index (χ1n) is 8.43. The van der Waals surface area contributed by atoms with E-state index in [1.165, 1.54) is 0 Å². The van der Waals surface area contributed by atoms with E-state index in [0.717, 1.165) is 37.1 Å². The molecular weight excluding hydrogens is 341 g/mol. The van der Waals surface area contributed by atoms with Crippen LogP contribution < -0.4 is 0 Å². The number of hydrogen-bond donors (Lipinski definition) is 0. The molecule has 2 atom stereocenters. The van der Waals surface area contributed by atoms with Gasteiger partial charge in [0.05, 0.1) is 6.04 Å².